The van der Waals surface area contributed by atoms with Gasteiger partial charge >= 0.3 is 17.9 Å². The molecule has 1 aliphatic heterocycles. The SMILES string of the molecule is CC(=O)O[C@]12CO[C@H]1C[C@@H](O)[C@]1(C)C(=O)[C@@H](O)C3=C(C)[C@H](OC(=O)[C@H](O)[C@@H](NC(=O)c4ccccc4)c4ccccc4)C[C@@](O)([C@H](OC(=O)c4ccccc4)[C@@H]21)C3(C)C. The molecule has 14 nitrogen and oxygen atoms in total. The minimum atomic E-state index is -2.35. The van der Waals surface area contributed by atoms with E-state index in [-0.39, 0.29) is 35.3 Å². The van der Waals surface area contributed by atoms with Crippen LogP contribution in [0, 0.1) is 16.7 Å². The highest BCUT2D eigenvalue weighted by Crippen LogP contribution is 2.64. The predicted octanol–water partition coefficient (Wildman–Crippen LogP) is 3.16. The van der Waals surface area contributed by atoms with Crippen molar-refractivity contribution in [1.82, 2.24) is 5.32 Å². The molecular weight excluding hydrogens is 762 g/mol. The molecule has 0 radical (unpaired) electrons. The van der Waals surface area contributed by atoms with E-state index >= 15 is 0 Å². The van der Waals surface area contributed by atoms with Crippen LogP contribution in [0.2, 0.25) is 0 Å². The Morgan fingerprint density at radius 3 is 2.00 bits per heavy atom. The number of fused-ring (bicyclic) bond motifs is 5. The first-order valence-corrected chi connectivity index (χ1v) is 19.6. The quantitative estimate of drug-likeness (QED) is 0.120. The highest BCUT2D eigenvalue weighted by atomic mass is 16.6. The Balaban J connectivity index is 1.34. The fourth-order valence-electron chi connectivity index (χ4n) is 9.94. The summed E-state index contributed by atoms with van der Waals surface area (Å²) in [5, 5.41) is 51.9. The Hall–Kier alpha value is -5.25. The van der Waals surface area contributed by atoms with E-state index in [1.165, 1.54) is 26.0 Å². The lowest BCUT2D eigenvalue weighted by Gasteiger charge is -2.67. The smallest absolute Gasteiger partial charge is 0.338 e. The number of ether oxygens (including phenoxy) is 4. The summed E-state index contributed by atoms with van der Waals surface area (Å²) in [7, 11) is 0. The number of Topliss-reactive ketones (excluding diaryl/α,β-unsaturated/α-hetero) is 1. The van der Waals surface area contributed by atoms with Crippen LogP contribution >= 0.6 is 0 Å². The van der Waals surface area contributed by atoms with Crippen molar-refractivity contribution in [3.63, 3.8) is 0 Å². The van der Waals surface area contributed by atoms with Gasteiger partial charge in [0, 0.05) is 30.7 Å². The second-order valence-corrected chi connectivity index (χ2v) is 16.8. The van der Waals surface area contributed by atoms with Crippen molar-refractivity contribution in [2.75, 3.05) is 6.61 Å². The average molecular weight is 812 g/mol. The maximum absolute atomic E-state index is 15.0. The van der Waals surface area contributed by atoms with Crippen molar-refractivity contribution < 1.29 is 63.3 Å². The number of carbonyl (C=O) groups is 5. The van der Waals surface area contributed by atoms with Crippen LogP contribution in [-0.4, -0.2) is 104 Å². The molecule has 1 heterocycles. The number of esters is 3. The molecule has 3 fully saturated rings. The average Bonchev–Trinajstić information content (AvgIpc) is 3.21. The second-order valence-electron chi connectivity index (χ2n) is 16.8. The van der Waals surface area contributed by atoms with E-state index in [9.17, 15) is 44.4 Å². The van der Waals surface area contributed by atoms with Crippen LogP contribution in [0.1, 0.15) is 79.8 Å². The third kappa shape index (κ3) is 6.76. The van der Waals surface area contributed by atoms with Crippen LogP contribution in [0.4, 0.5) is 0 Å². The molecule has 0 unspecified atom stereocenters. The number of hydrogen-bond acceptors (Lipinski definition) is 13. The van der Waals surface area contributed by atoms with Crippen LogP contribution in [0.5, 0.6) is 0 Å². The van der Waals surface area contributed by atoms with Gasteiger partial charge in [0.05, 0.1) is 35.6 Å². The molecule has 14 heteroatoms. The molecule has 0 spiro atoms. The Bertz CT molecular complexity index is 2160. The van der Waals surface area contributed by atoms with E-state index < -0.39 is 107 Å². The molecule has 2 bridgehead atoms. The van der Waals surface area contributed by atoms with Crippen LogP contribution in [-0.2, 0) is 33.3 Å². The molecule has 0 aromatic heterocycles. The second kappa shape index (κ2) is 15.4. The highest BCUT2D eigenvalue weighted by Gasteiger charge is 2.78. The molecule has 11 atom stereocenters. The van der Waals surface area contributed by atoms with Crippen LogP contribution < -0.4 is 5.32 Å². The summed E-state index contributed by atoms with van der Waals surface area (Å²) in [5.41, 5.74) is -6.86. The molecule has 1 saturated heterocycles. The van der Waals surface area contributed by atoms with Gasteiger partial charge in [0.15, 0.2) is 17.5 Å². The zero-order valence-corrected chi connectivity index (χ0v) is 33.4. The maximum Gasteiger partial charge on any atom is 0.338 e. The molecule has 3 aromatic rings. The summed E-state index contributed by atoms with van der Waals surface area (Å²) in [5.74, 6) is -5.89. The van der Waals surface area contributed by atoms with E-state index in [4.69, 9.17) is 18.9 Å². The summed E-state index contributed by atoms with van der Waals surface area (Å²) in [4.78, 5) is 69.5. The summed E-state index contributed by atoms with van der Waals surface area (Å²) in [6.45, 7) is 6.89. The first kappa shape index (κ1) is 41.9. The largest absolute Gasteiger partial charge is 0.456 e. The predicted molar refractivity (Wildman–Crippen MR) is 208 cm³/mol. The Morgan fingerprint density at radius 2 is 1.44 bits per heavy atom. The number of aliphatic hydroxyl groups excluding tert-OH is 3. The van der Waals surface area contributed by atoms with E-state index in [1.807, 2.05) is 0 Å². The summed E-state index contributed by atoms with van der Waals surface area (Å²) < 4.78 is 24.2. The van der Waals surface area contributed by atoms with Crippen molar-refractivity contribution in [2.24, 2.45) is 16.7 Å². The summed E-state index contributed by atoms with van der Waals surface area (Å²) >= 11 is 0. The maximum atomic E-state index is 15.0. The van der Waals surface area contributed by atoms with E-state index in [1.54, 1.807) is 92.7 Å². The number of ketones is 1. The number of amides is 1. The van der Waals surface area contributed by atoms with Gasteiger partial charge in [-0.2, -0.15) is 0 Å². The van der Waals surface area contributed by atoms with Gasteiger partial charge < -0.3 is 44.7 Å². The molecule has 4 aliphatic rings. The number of benzene rings is 3. The molecule has 312 valence electrons. The van der Waals surface area contributed by atoms with E-state index in [0.29, 0.717) is 5.56 Å². The minimum absolute atomic E-state index is 0.0540. The third-order valence-electron chi connectivity index (χ3n) is 13.2. The zero-order valence-electron chi connectivity index (χ0n) is 33.4. The highest BCUT2D eigenvalue weighted by molar-refractivity contribution is 5.95. The lowest BCUT2D eigenvalue weighted by atomic mass is 9.44. The van der Waals surface area contributed by atoms with Gasteiger partial charge in [-0.05, 0) is 54.8 Å². The lowest BCUT2D eigenvalue weighted by Crippen LogP contribution is -2.81. The first-order valence-electron chi connectivity index (χ1n) is 19.6. The Labute approximate surface area is 341 Å². The van der Waals surface area contributed by atoms with Crippen molar-refractivity contribution in [2.45, 2.75) is 101 Å². The van der Waals surface area contributed by atoms with Crippen molar-refractivity contribution in [3.05, 3.63) is 119 Å². The number of aliphatic hydroxyl groups is 4. The van der Waals surface area contributed by atoms with Crippen molar-refractivity contribution >= 4 is 29.6 Å². The van der Waals surface area contributed by atoms with Gasteiger partial charge in [-0.15, -0.1) is 0 Å². The number of carbonyl (C=O) groups excluding carboxylic acids is 5. The van der Waals surface area contributed by atoms with Gasteiger partial charge in [-0.1, -0.05) is 80.6 Å². The van der Waals surface area contributed by atoms with Gasteiger partial charge in [0.1, 0.15) is 30.0 Å². The van der Waals surface area contributed by atoms with Crippen LogP contribution in [0.15, 0.2) is 102 Å². The van der Waals surface area contributed by atoms with Crippen LogP contribution in [0.3, 0.4) is 0 Å². The molecule has 5 N–H and O–H groups in total. The van der Waals surface area contributed by atoms with Gasteiger partial charge in [-0.25, -0.2) is 9.59 Å². The van der Waals surface area contributed by atoms with Gasteiger partial charge in [-0.3, -0.25) is 14.4 Å². The Kier molecular flexibility index (Phi) is 10.9. The molecular formula is C45H49NO13. The zero-order chi connectivity index (χ0) is 42.7. The fraction of sp³-hybridized carbons (Fsp3) is 0.444. The summed E-state index contributed by atoms with van der Waals surface area (Å²) in [6.07, 6.45) is -10.5. The van der Waals surface area contributed by atoms with Gasteiger partial charge in [0.2, 0.25) is 0 Å². The molecule has 7 rings (SSSR count). The van der Waals surface area contributed by atoms with Crippen LogP contribution in [0.25, 0.3) is 0 Å². The lowest BCUT2D eigenvalue weighted by molar-refractivity contribution is -0.346. The Morgan fingerprint density at radius 1 is 0.864 bits per heavy atom. The number of rotatable bonds is 9. The standard InChI is InChI=1S/C45H49NO13/c1-24-29(57-41(54)35(50)33(26-15-9-6-10-16-26)46-39(52)27-17-11-7-12-18-27)22-45(55)38(58-40(53)28-19-13-8-14-20-28)36-43(5,37(51)34(49)32(24)42(45,3)4)30(48)21-31-44(36,23-56-31)59-25(2)47/h6-20,29-31,33-36,38,48-50,55H,21-23H2,1-5H3,(H,46,52)/t29-,30-,31+,33+,34+,35-,36-,38-,43+,44-,45-/m1/s1. The molecule has 59 heavy (non-hydrogen) atoms. The summed E-state index contributed by atoms with van der Waals surface area (Å²) in [6, 6.07) is 23.1. The van der Waals surface area contributed by atoms with Crippen molar-refractivity contribution in [3.8, 4) is 0 Å². The van der Waals surface area contributed by atoms with E-state index in [2.05, 4.69) is 5.32 Å². The normalized spacial score (nSPS) is 33.0. The number of nitrogens with one attached hydrogen (secondary N) is 1. The van der Waals surface area contributed by atoms with Gasteiger partial charge in [0.25, 0.3) is 5.91 Å². The molecule has 2 saturated carbocycles. The topological polar surface area (TPSA) is 215 Å². The fourth-order valence-corrected chi connectivity index (χ4v) is 9.94. The van der Waals surface area contributed by atoms with E-state index in [0.717, 1.165) is 6.92 Å². The molecule has 3 aromatic carbocycles. The third-order valence-corrected chi connectivity index (χ3v) is 13.2. The first-order chi connectivity index (χ1) is 27.9. The molecule has 1 amide bonds. The monoisotopic (exact) mass is 811 g/mol. The molecule has 3 aliphatic carbocycles. The number of hydrogen-bond donors (Lipinski definition) is 5. The van der Waals surface area contributed by atoms with Crippen molar-refractivity contribution in [1.29, 1.82) is 0 Å². The minimum Gasteiger partial charge on any atom is -0.456 e.